The first-order chi connectivity index (χ1) is 8.66. The molecule has 0 amide bonds. The third kappa shape index (κ3) is 3.82. The van der Waals surface area contributed by atoms with Crippen molar-refractivity contribution < 1.29 is 15.0 Å². The van der Waals surface area contributed by atoms with Crippen molar-refractivity contribution in [1.82, 2.24) is 4.90 Å². The zero-order chi connectivity index (χ0) is 13.0. The average Bonchev–Trinajstić information content (AvgIpc) is 3.19. The molecule has 0 heterocycles. The van der Waals surface area contributed by atoms with E-state index in [1.54, 1.807) is 0 Å². The Morgan fingerprint density at radius 1 is 1.33 bits per heavy atom. The average molecular weight is 249 g/mol. The van der Waals surface area contributed by atoms with Gasteiger partial charge in [0.15, 0.2) is 0 Å². The van der Waals surface area contributed by atoms with Crippen molar-refractivity contribution >= 4 is 5.97 Å². The van der Waals surface area contributed by atoms with Gasteiger partial charge in [-0.15, -0.1) is 0 Å². The molecule has 0 radical (unpaired) electrons. The Kier molecular flexibility index (Phi) is 4.33. The van der Waals surface area contributed by atoms with Crippen LogP contribution in [0.3, 0.4) is 0 Å². The minimum absolute atomic E-state index is 0.137. The topological polar surface area (TPSA) is 60.8 Å². The molecule has 4 nitrogen and oxygen atoms in total. The second-order valence-electron chi connectivity index (χ2n) is 4.80. The van der Waals surface area contributed by atoms with Gasteiger partial charge in [-0.2, -0.15) is 0 Å². The molecule has 0 spiro atoms. The number of hydrogen-bond donors (Lipinski definition) is 2. The molecule has 1 aliphatic rings. The Bertz CT molecular complexity index is 389. The van der Waals surface area contributed by atoms with Crippen molar-refractivity contribution in [2.45, 2.75) is 31.4 Å². The van der Waals surface area contributed by atoms with Gasteiger partial charge < -0.3 is 10.2 Å². The van der Waals surface area contributed by atoms with Crippen LogP contribution in [0.4, 0.5) is 0 Å². The van der Waals surface area contributed by atoms with Crippen molar-refractivity contribution in [3.8, 4) is 0 Å². The lowest BCUT2D eigenvalue weighted by molar-refractivity contribution is -0.137. The van der Waals surface area contributed by atoms with Gasteiger partial charge >= 0.3 is 5.97 Å². The smallest absolute Gasteiger partial charge is 0.304 e. The molecule has 2 N–H and O–H groups in total. The number of carbonyl (C=O) groups is 1. The zero-order valence-corrected chi connectivity index (χ0v) is 10.3. The lowest BCUT2D eigenvalue weighted by Gasteiger charge is -2.24. The van der Waals surface area contributed by atoms with Gasteiger partial charge in [0.2, 0.25) is 0 Å². The van der Waals surface area contributed by atoms with E-state index in [-0.39, 0.29) is 6.42 Å². The quantitative estimate of drug-likeness (QED) is 0.771. The SMILES string of the molecule is O=C(O)CCN(CC(O)c1ccccc1)C1CC1. The number of rotatable bonds is 7. The predicted molar refractivity (Wildman–Crippen MR) is 68.2 cm³/mol. The Hall–Kier alpha value is -1.39. The molecule has 2 rings (SSSR count). The molecular weight excluding hydrogens is 230 g/mol. The summed E-state index contributed by atoms with van der Waals surface area (Å²) >= 11 is 0. The summed E-state index contributed by atoms with van der Waals surface area (Å²) in [6.07, 6.45) is 1.82. The van der Waals surface area contributed by atoms with Gasteiger partial charge in [0, 0.05) is 19.1 Å². The highest BCUT2D eigenvalue weighted by Gasteiger charge is 2.30. The molecule has 1 saturated carbocycles. The van der Waals surface area contributed by atoms with E-state index in [1.807, 2.05) is 30.3 Å². The van der Waals surface area contributed by atoms with Gasteiger partial charge in [-0.25, -0.2) is 0 Å². The molecule has 1 aromatic rings. The van der Waals surface area contributed by atoms with E-state index in [0.29, 0.717) is 19.1 Å². The third-order valence-corrected chi connectivity index (χ3v) is 3.27. The van der Waals surface area contributed by atoms with Crippen LogP contribution >= 0.6 is 0 Å². The Morgan fingerprint density at radius 3 is 2.56 bits per heavy atom. The van der Waals surface area contributed by atoms with E-state index >= 15 is 0 Å². The highest BCUT2D eigenvalue weighted by Crippen LogP contribution is 2.28. The van der Waals surface area contributed by atoms with Crippen molar-refractivity contribution in [2.75, 3.05) is 13.1 Å². The number of aliphatic hydroxyl groups excluding tert-OH is 1. The van der Waals surface area contributed by atoms with Crippen LogP contribution in [0, 0.1) is 0 Å². The Morgan fingerprint density at radius 2 is 2.00 bits per heavy atom. The van der Waals surface area contributed by atoms with Crippen molar-refractivity contribution in [2.24, 2.45) is 0 Å². The van der Waals surface area contributed by atoms with Crippen LogP contribution < -0.4 is 0 Å². The second-order valence-corrected chi connectivity index (χ2v) is 4.80. The Labute approximate surface area is 107 Å². The molecule has 0 aliphatic heterocycles. The molecule has 0 bridgehead atoms. The number of aliphatic carboxylic acids is 1. The number of carboxylic acids is 1. The molecule has 1 unspecified atom stereocenters. The third-order valence-electron chi connectivity index (χ3n) is 3.27. The molecular formula is C14H19NO3. The summed E-state index contributed by atoms with van der Waals surface area (Å²) in [6, 6.07) is 9.97. The molecule has 1 aromatic carbocycles. The Balaban J connectivity index is 1.90. The van der Waals surface area contributed by atoms with Crippen molar-refractivity contribution in [3.63, 3.8) is 0 Å². The van der Waals surface area contributed by atoms with Gasteiger partial charge in [0.05, 0.1) is 12.5 Å². The number of hydrogen-bond acceptors (Lipinski definition) is 3. The summed E-state index contributed by atoms with van der Waals surface area (Å²) in [5, 5.41) is 18.9. The normalized spacial score (nSPS) is 16.8. The maximum absolute atomic E-state index is 10.6. The molecule has 18 heavy (non-hydrogen) atoms. The van der Waals surface area contributed by atoms with E-state index in [1.165, 1.54) is 0 Å². The number of benzene rings is 1. The van der Waals surface area contributed by atoms with Crippen molar-refractivity contribution in [1.29, 1.82) is 0 Å². The predicted octanol–water partition coefficient (Wildman–Crippen LogP) is 1.66. The van der Waals surface area contributed by atoms with E-state index < -0.39 is 12.1 Å². The highest BCUT2D eigenvalue weighted by atomic mass is 16.4. The molecule has 1 aliphatic carbocycles. The van der Waals surface area contributed by atoms with Crippen LogP contribution in [-0.2, 0) is 4.79 Å². The standard InChI is InChI=1S/C14H19NO3/c16-13(11-4-2-1-3-5-11)10-15(12-6-7-12)9-8-14(17)18/h1-5,12-13,16H,6-10H2,(H,17,18). The van der Waals surface area contributed by atoms with Gasteiger partial charge in [-0.05, 0) is 18.4 Å². The van der Waals surface area contributed by atoms with E-state index in [0.717, 1.165) is 18.4 Å². The summed E-state index contributed by atoms with van der Waals surface area (Å²) in [5.74, 6) is -0.783. The first-order valence-electron chi connectivity index (χ1n) is 6.35. The van der Waals surface area contributed by atoms with E-state index in [9.17, 15) is 9.90 Å². The van der Waals surface area contributed by atoms with E-state index in [4.69, 9.17) is 5.11 Å². The minimum atomic E-state index is -0.783. The molecule has 1 atom stereocenters. The monoisotopic (exact) mass is 249 g/mol. The molecule has 4 heteroatoms. The number of nitrogens with zero attached hydrogens (tertiary/aromatic N) is 1. The fraction of sp³-hybridized carbons (Fsp3) is 0.500. The van der Waals surface area contributed by atoms with Gasteiger partial charge in [0.1, 0.15) is 0 Å². The fourth-order valence-corrected chi connectivity index (χ4v) is 2.10. The van der Waals surface area contributed by atoms with Crippen molar-refractivity contribution in [3.05, 3.63) is 35.9 Å². The number of aliphatic hydroxyl groups is 1. The first-order valence-corrected chi connectivity index (χ1v) is 6.35. The largest absolute Gasteiger partial charge is 0.481 e. The van der Waals surface area contributed by atoms with Crippen LogP contribution in [0.1, 0.15) is 30.9 Å². The van der Waals surface area contributed by atoms with Crippen LogP contribution in [0.5, 0.6) is 0 Å². The summed E-state index contributed by atoms with van der Waals surface area (Å²) in [4.78, 5) is 12.7. The van der Waals surface area contributed by atoms with Gasteiger partial charge in [-0.3, -0.25) is 9.69 Å². The first kappa shape index (κ1) is 13.1. The summed E-state index contributed by atoms with van der Waals surface area (Å²) in [6.45, 7) is 1.03. The van der Waals surface area contributed by atoms with Crippen LogP contribution in [-0.4, -0.2) is 40.2 Å². The molecule has 1 fully saturated rings. The maximum Gasteiger partial charge on any atom is 0.304 e. The summed E-state index contributed by atoms with van der Waals surface area (Å²) in [7, 11) is 0. The molecule has 0 saturated heterocycles. The summed E-state index contributed by atoms with van der Waals surface area (Å²) in [5.41, 5.74) is 0.887. The van der Waals surface area contributed by atoms with Gasteiger partial charge in [0.25, 0.3) is 0 Å². The maximum atomic E-state index is 10.6. The molecule has 98 valence electrons. The minimum Gasteiger partial charge on any atom is -0.481 e. The fourth-order valence-electron chi connectivity index (χ4n) is 2.10. The van der Waals surface area contributed by atoms with Gasteiger partial charge in [-0.1, -0.05) is 30.3 Å². The van der Waals surface area contributed by atoms with Crippen LogP contribution in [0.15, 0.2) is 30.3 Å². The summed E-state index contributed by atoms with van der Waals surface area (Å²) < 4.78 is 0. The zero-order valence-electron chi connectivity index (χ0n) is 10.3. The van der Waals surface area contributed by atoms with E-state index in [2.05, 4.69) is 4.90 Å². The lowest BCUT2D eigenvalue weighted by Crippen LogP contribution is -2.32. The highest BCUT2D eigenvalue weighted by molar-refractivity contribution is 5.66. The van der Waals surface area contributed by atoms with Crippen LogP contribution in [0.25, 0.3) is 0 Å². The molecule has 0 aromatic heterocycles. The second kappa shape index (κ2) is 5.98. The number of carboxylic acid groups (broad SMARTS) is 1. The lowest BCUT2D eigenvalue weighted by atomic mass is 10.1. The van der Waals surface area contributed by atoms with Crippen LogP contribution in [0.2, 0.25) is 0 Å².